The fraction of sp³-hybridized carbons (Fsp3) is 0.667. The van der Waals surface area contributed by atoms with Crippen LogP contribution in [0.25, 0.3) is 0 Å². The van der Waals surface area contributed by atoms with Crippen molar-refractivity contribution in [3.8, 4) is 0 Å². The van der Waals surface area contributed by atoms with Crippen LogP contribution in [0.1, 0.15) is 45.4 Å². The maximum absolute atomic E-state index is 11.5. The topological polar surface area (TPSA) is 98.0 Å². The largest absolute Gasteiger partial charge is 0.350 e. The normalized spacial score (nSPS) is 10.6. The van der Waals surface area contributed by atoms with E-state index in [1.165, 1.54) is 17.4 Å². The average Bonchev–Trinajstić information content (AvgIpc) is 2.35. The third-order valence-corrected chi connectivity index (χ3v) is 2.94. The number of H-pyrrole nitrogens is 1. The van der Waals surface area contributed by atoms with E-state index < -0.39 is 21.9 Å². The summed E-state index contributed by atoms with van der Waals surface area (Å²) in [5.74, 6) is 0. The zero-order valence-corrected chi connectivity index (χ0v) is 11.1. The lowest BCUT2D eigenvalue weighted by atomic mass is 10.1. The summed E-state index contributed by atoms with van der Waals surface area (Å²) in [4.78, 5) is 34.4. The van der Waals surface area contributed by atoms with Gasteiger partial charge in [-0.25, -0.2) is 4.79 Å². The Morgan fingerprint density at radius 1 is 1.21 bits per heavy atom. The molecular weight excluding hydrogens is 250 g/mol. The van der Waals surface area contributed by atoms with E-state index in [4.69, 9.17) is 0 Å². The Morgan fingerprint density at radius 3 is 2.47 bits per heavy atom. The van der Waals surface area contributed by atoms with Crippen molar-refractivity contribution >= 4 is 5.69 Å². The van der Waals surface area contributed by atoms with Gasteiger partial charge in [0.15, 0.2) is 0 Å². The van der Waals surface area contributed by atoms with E-state index in [1.807, 2.05) is 4.98 Å². The van der Waals surface area contributed by atoms with Crippen molar-refractivity contribution < 1.29 is 4.92 Å². The maximum atomic E-state index is 11.5. The van der Waals surface area contributed by atoms with Crippen LogP contribution in [0, 0.1) is 10.1 Å². The Kier molecular flexibility index (Phi) is 5.98. The molecule has 0 aromatic carbocycles. The third-order valence-electron chi connectivity index (χ3n) is 2.94. The van der Waals surface area contributed by atoms with Crippen LogP contribution < -0.4 is 11.2 Å². The highest BCUT2D eigenvalue weighted by atomic mass is 16.6. The van der Waals surface area contributed by atoms with Gasteiger partial charge in [0.25, 0.3) is 0 Å². The molecule has 1 rings (SSSR count). The molecule has 0 fully saturated rings. The molecule has 0 aliphatic heterocycles. The number of rotatable bonds is 8. The van der Waals surface area contributed by atoms with E-state index in [-0.39, 0.29) is 0 Å². The number of aryl methyl sites for hydroxylation is 1. The van der Waals surface area contributed by atoms with Gasteiger partial charge < -0.3 is 0 Å². The van der Waals surface area contributed by atoms with Crippen LogP contribution in [0.4, 0.5) is 5.69 Å². The Morgan fingerprint density at radius 2 is 1.84 bits per heavy atom. The molecule has 1 aromatic rings. The molecule has 0 spiro atoms. The van der Waals surface area contributed by atoms with Crippen LogP contribution in [-0.2, 0) is 6.54 Å². The van der Waals surface area contributed by atoms with Crippen LogP contribution in [0.3, 0.4) is 0 Å². The van der Waals surface area contributed by atoms with Crippen molar-refractivity contribution in [3.63, 3.8) is 0 Å². The number of aromatic nitrogens is 2. The number of nitrogens with zero attached hydrogens (tertiary/aromatic N) is 2. The molecular formula is C12H19N3O4. The first kappa shape index (κ1) is 15.1. The van der Waals surface area contributed by atoms with E-state index in [0.29, 0.717) is 6.54 Å². The molecule has 0 aliphatic rings. The van der Waals surface area contributed by atoms with Crippen molar-refractivity contribution in [2.75, 3.05) is 0 Å². The predicted molar refractivity (Wildman–Crippen MR) is 71.4 cm³/mol. The minimum absolute atomic E-state index is 0.391. The summed E-state index contributed by atoms with van der Waals surface area (Å²) in [6.45, 7) is 2.53. The summed E-state index contributed by atoms with van der Waals surface area (Å²) in [5.41, 5.74) is -2.14. The molecule has 0 atom stereocenters. The molecule has 1 N–H and O–H groups in total. The highest BCUT2D eigenvalue weighted by Crippen LogP contribution is 2.06. The fourth-order valence-corrected chi connectivity index (χ4v) is 1.86. The van der Waals surface area contributed by atoms with E-state index in [1.54, 1.807) is 0 Å². The SMILES string of the molecule is CCCCCCCCn1cc([N+](=O)[O-])c(=O)[nH]c1=O. The lowest BCUT2D eigenvalue weighted by molar-refractivity contribution is -0.386. The summed E-state index contributed by atoms with van der Waals surface area (Å²) < 4.78 is 1.19. The zero-order valence-electron chi connectivity index (χ0n) is 11.1. The Labute approximate surface area is 110 Å². The van der Waals surface area contributed by atoms with Crippen molar-refractivity contribution in [3.05, 3.63) is 37.1 Å². The molecule has 7 nitrogen and oxygen atoms in total. The summed E-state index contributed by atoms with van der Waals surface area (Å²) in [7, 11) is 0. The monoisotopic (exact) mass is 269 g/mol. The van der Waals surface area contributed by atoms with Crippen LogP contribution in [0.15, 0.2) is 15.8 Å². The zero-order chi connectivity index (χ0) is 14.3. The molecule has 1 aromatic heterocycles. The van der Waals surface area contributed by atoms with Crippen LogP contribution >= 0.6 is 0 Å². The molecule has 0 bridgehead atoms. The minimum atomic E-state index is -0.950. The van der Waals surface area contributed by atoms with E-state index in [0.717, 1.165) is 31.9 Å². The molecule has 0 saturated carbocycles. The summed E-state index contributed by atoms with van der Waals surface area (Å²) in [5, 5.41) is 10.6. The first-order chi connectivity index (χ1) is 9.06. The maximum Gasteiger partial charge on any atom is 0.350 e. The van der Waals surface area contributed by atoms with Gasteiger partial charge in [-0.15, -0.1) is 0 Å². The van der Waals surface area contributed by atoms with Gasteiger partial charge in [0.2, 0.25) is 0 Å². The molecule has 0 amide bonds. The first-order valence-electron chi connectivity index (χ1n) is 6.54. The highest BCUT2D eigenvalue weighted by Gasteiger charge is 2.14. The van der Waals surface area contributed by atoms with Crippen LogP contribution in [-0.4, -0.2) is 14.5 Å². The molecule has 0 radical (unpaired) electrons. The first-order valence-corrected chi connectivity index (χ1v) is 6.54. The predicted octanol–water partition coefficient (Wildman–Crippen LogP) is 1.81. The summed E-state index contributed by atoms with van der Waals surface area (Å²) in [6, 6.07) is 0. The molecule has 7 heteroatoms. The minimum Gasteiger partial charge on any atom is -0.294 e. The van der Waals surface area contributed by atoms with E-state index in [2.05, 4.69) is 6.92 Å². The Hall–Kier alpha value is -1.92. The highest BCUT2D eigenvalue weighted by molar-refractivity contribution is 5.20. The van der Waals surface area contributed by atoms with Gasteiger partial charge in [-0.1, -0.05) is 39.0 Å². The lowest BCUT2D eigenvalue weighted by Gasteiger charge is -2.04. The molecule has 19 heavy (non-hydrogen) atoms. The van der Waals surface area contributed by atoms with E-state index in [9.17, 15) is 19.7 Å². The van der Waals surface area contributed by atoms with Crippen LogP contribution in [0.2, 0.25) is 0 Å². The van der Waals surface area contributed by atoms with Gasteiger partial charge in [-0.3, -0.25) is 24.5 Å². The average molecular weight is 269 g/mol. The van der Waals surface area contributed by atoms with Gasteiger partial charge in [0.05, 0.1) is 11.1 Å². The number of unbranched alkanes of at least 4 members (excludes halogenated alkanes) is 5. The summed E-state index contributed by atoms with van der Waals surface area (Å²) in [6.07, 6.45) is 7.39. The van der Waals surface area contributed by atoms with Crippen LogP contribution in [0.5, 0.6) is 0 Å². The molecule has 0 aliphatic carbocycles. The molecule has 0 saturated heterocycles. The van der Waals surface area contributed by atoms with Crippen molar-refractivity contribution in [2.24, 2.45) is 0 Å². The second-order valence-electron chi connectivity index (χ2n) is 4.49. The fourth-order valence-electron chi connectivity index (χ4n) is 1.86. The van der Waals surface area contributed by atoms with Gasteiger partial charge in [0.1, 0.15) is 0 Å². The number of nitro groups is 1. The standard InChI is InChI=1S/C12H19N3O4/c1-2-3-4-5-6-7-8-14-9-10(15(18)19)11(16)13-12(14)17/h9H,2-8H2,1H3,(H,13,16,17). The molecule has 106 valence electrons. The number of aromatic amines is 1. The van der Waals surface area contributed by atoms with Gasteiger partial charge in [-0.05, 0) is 6.42 Å². The second-order valence-corrected chi connectivity index (χ2v) is 4.49. The number of nitrogens with one attached hydrogen (secondary N) is 1. The quantitative estimate of drug-likeness (QED) is 0.442. The molecule has 1 heterocycles. The Bertz CT molecular complexity index is 533. The van der Waals surface area contributed by atoms with E-state index >= 15 is 0 Å². The number of hydrogen-bond donors (Lipinski definition) is 1. The third kappa shape index (κ3) is 4.69. The second kappa shape index (κ2) is 7.50. The Balaban J connectivity index is 2.59. The smallest absolute Gasteiger partial charge is 0.294 e. The van der Waals surface area contributed by atoms with Gasteiger partial charge in [-0.2, -0.15) is 0 Å². The van der Waals surface area contributed by atoms with Gasteiger partial charge >= 0.3 is 16.9 Å². The summed E-state index contributed by atoms with van der Waals surface area (Å²) >= 11 is 0. The van der Waals surface area contributed by atoms with Crippen molar-refractivity contribution in [1.82, 2.24) is 9.55 Å². The lowest BCUT2D eigenvalue weighted by Crippen LogP contribution is -2.30. The van der Waals surface area contributed by atoms with Gasteiger partial charge in [0, 0.05) is 6.54 Å². The van der Waals surface area contributed by atoms with Crippen molar-refractivity contribution in [2.45, 2.75) is 52.0 Å². The number of hydrogen-bond acceptors (Lipinski definition) is 4. The van der Waals surface area contributed by atoms with Crippen molar-refractivity contribution in [1.29, 1.82) is 0 Å². The molecule has 0 unspecified atom stereocenters.